The number of rotatable bonds is 7. The van der Waals surface area contributed by atoms with Crippen molar-refractivity contribution in [3.63, 3.8) is 0 Å². The summed E-state index contributed by atoms with van der Waals surface area (Å²) in [6, 6.07) is 5.57. The molecule has 0 radical (unpaired) electrons. The van der Waals surface area contributed by atoms with E-state index in [0.29, 0.717) is 0 Å². The zero-order valence-corrected chi connectivity index (χ0v) is 13.7. The molecule has 21 heavy (non-hydrogen) atoms. The van der Waals surface area contributed by atoms with E-state index in [4.69, 9.17) is 0 Å². The lowest BCUT2D eigenvalue weighted by Gasteiger charge is -2.12. The van der Waals surface area contributed by atoms with E-state index < -0.39 is 20.0 Å². The second-order valence-electron chi connectivity index (χ2n) is 4.58. The molecule has 0 bridgehead atoms. The minimum atomic E-state index is -3.85. The molecule has 0 amide bonds. The Labute approximate surface area is 125 Å². The fourth-order valence-corrected chi connectivity index (χ4v) is 3.38. The summed E-state index contributed by atoms with van der Waals surface area (Å²) in [5, 5.41) is 0. The van der Waals surface area contributed by atoms with Crippen LogP contribution in [-0.4, -0.2) is 53.3 Å². The number of benzene rings is 1. The van der Waals surface area contributed by atoms with Crippen LogP contribution in [0.1, 0.15) is 17.3 Å². The van der Waals surface area contributed by atoms with Crippen molar-refractivity contribution in [2.75, 3.05) is 26.4 Å². The topological polar surface area (TPSA) is 101 Å². The van der Waals surface area contributed by atoms with Crippen molar-refractivity contribution < 1.29 is 21.6 Å². The van der Waals surface area contributed by atoms with Crippen LogP contribution in [0.2, 0.25) is 0 Å². The highest BCUT2D eigenvalue weighted by Crippen LogP contribution is 2.11. The molecule has 1 aromatic carbocycles. The first-order chi connectivity index (χ1) is 9.56. The standard InChI is InChI=1S/C12H18N2O5S2/c1-10(15)11-5-4-6-12(9-11)21(18,19)13-7-8-20(16,17)14(2)3/h4-6,9,13H,7-8H2,1-3H3. The maximum Gasteiger partial charge on any atom is 0.240 e. The summed E-state index contributed by atoms with van der Waals surface area (Å²) in [6.45, 7) is 1.09. The van der Waals surface area contributed by atoms with Gasteiger partial charge >= 0.3 is 0 Å². The van der Waals surface area contributed by atoms with Gasteiger partial charge < -0.3 is 0 Å². The number of hydrogen-bond donors (Lipinski definition) is 1. The Bertz CT molecular complexity index is 724. The van der Waals surface area contributed by atoms with Crippen LogP contribution in [0.25, 0.3) is 0 Å². The predicted molar refractivity (Wildman–Crippen MR) is 79.1 cm³/mol. The van der Waals surface area contributed by atoms with E-state index in [-0.39, 0.29) is 28.5 Å². The van der Waals surface area contributed by atoms with E-state index in [1.54, 1.807) is 0 Å². The Morgan fingerprint density at radius 1 is 1.19 bits per heavy atom. The third-order valence-corrected chi connectivity index (χ3v) is 6.05. The van der Waals surface area contributed by atoms with Crippen LogP contribution in [0.15, 0.2) is 29.2 Å². The molecule has 0 unspecified atom stereocenters. The van der Waals surface area contributed by atoms with Crippen molar-refractivity contribution in [2.45, 2.75) is 11.8 Å². The van der Waals surface area contributed by atoms with Gasteiger partial charge in [-0.3, -0.25) is 4.79 Å². The predicted octanol–water partition coefficient (Wildman–Crippen LogP) is 0.0589. The van der Waals surface area contributed by atoms with Crippen LogP contribution in [0.5, 0.6) is 0 Å². The summed E-state index contributed by atoms with van der Waals surface area (Å²) in [5.74, 6) is -0.590. The number of ketones is 1. The fourth-order valence-electron chi connectivity index (χ4n) is 1.45. The average molecular weight is 334 g/mol. The molecule has 1 aromatic rings. The Morgan fingerprint density at radius 3 is 2.33 bits per heavy atom. The van der Waals surface area contributed by atoms with Gasteiger partial charge in [0.1, 0.15) is 0 Å². The molecule has 0 aromatic heterocycles. The van der Waals surface area contributed by atoms with Crippen molar-refractivity contribution in [1.29, 1.82) is 0 Å². The van der Waals surface area contributed by atoms with Gasteiger partial charge in [-0.15, -0.1) is 0 Å². The first-order valence-electron chi connectivity index (χ1n) is 6.07. The Hall–Kier alpha value is -1.29. The van der Waals surface area contributed by atoms with Gasteiger partial charge in [-0.1, -0.05) is 12.1 Å². The van der Waals surface area contributed by atoms with E-state index in [1.807, 2.05) is 0 Å². The lowest BCUT2D eigenvalue weighted by Crippen LogP contribution is -2.34. The van der Waals surface area contributed by atoms with E-state index in [0.717, 1.165) is 4.31 Å². The fraction of sp³-hybridized carbons (Fsp3) is 0.417. The molecule has 7 nitrogen and oxygen atoms in total. The number of carbonyl (C=O) groups is 1. The maximum absolute atomic E-state index is 12.0. The van der Waals surface area contributed by atoms with E-state index in [1.165, 1.54) is 45.3 Å². The van der Waals surface area contributed by atoms with Gasteiger partial charge in [0.25, 0.3) is 0 Å². The summed E-state index contributed by atoms with van der Waals surface area (Å²) >= 11 is 0. The normalized spacial score (nSPS) is 12.6. The van der Waals surface area contributed by atoms with Gasteiger partial charge in [-0.2, -0.15) is 0 Å². The molecular weight excluding hydrogens is 316 g/mol. The lowest BCUT2D eigenvalue weighted by atomic mass is 10.2. The summed E-state index contributed by atoms with van der Waals surface area (Å²) in [7, 11) is -4.57. The van der Waals surface area contributed by atoms with Crippen molar-refractivity contribution in [2.24, 2.45) is 0 Å². The van der Waals surface area contributed by atoms with Gasteiger partial charge in [-0.05, 0) is 19.1 Å². The highest BCUT2D eigenvalue weighted by atomic mass is 32.2. The molecule has 0 saturated heterocycles. The van der Waals surface area contributed by atoms with Crippen LogP contribution >= 0.6 is 0 Å². The van der Waals surface area contributed by atoms with E-state index in [2.05, 4.69) is 4.72 Å². The summed E-state index contributed by atoms with van der Waals surface area (Å²) in [5.41, 5.74) is 0.277. The van der Waals surface area contributed by atoms with Crippen LogP contribution in [0, 0.1) is 0 Å². The third kappa shape index (κ3) is 4.88. The smallest absolute Gasteiger partial charge is 0.240 e. The van der Waals surface area contributed by atoms with Crippen LogP contribution in [0.4, 0.5) is 0 Å². The number of nitrogens with one attached hydrogen (secondary N) is 1. The second kappa shape index (κ2) is 6.65. The molecule has 0 spiro atoms. The summed E-state index contributed by atoms with van der Waals surface area (Å²) in [4.78, 5) is 11.2. The molecule has 1 rings (SSSR count). The lowest BCUT2D eigenvalue weighted by molar-refractivity contribution is 0.101. The molecule has 0 saturated carbocycles. The Morgan fingerprint density at radius 2 is 1.81 bits per heavy atom. The van der Waals surface area contributed by atoms with Crippen molar-refractivity contribution in [3.8, 4) is 0 Å². The largest absolute Gasteiger partial charge is 0.295 e. The van der Waals surface area contributed by atoms with Crippen LogP contribution < -0.4 is 4.72 Å². The van der Waals surface area contributed by atoms with Gasteiger partial charge in [-0.25, -0.2) is 25.9 Å². The molecule has 0 aliphatic rings. The highest BCUT2D eigenvalue weighted by molar-refractivity contribution is 7.90. The molecule has 0 heterocycles. The molecule has 0 fully saturated rings. The van der Waals surface area contributed by atoms with Crippen LogP contribution in [0.3, 0.4) is 0 Å². The second-order valence-corrected chi connectivity index (χ2v) is 8.65. The average Bonchev–Trinajstić information content (AvgIpc) is 2.38. The number of carbonyl (C=O) groups excluding carboxylic acids is 1. The maximum atomic E-state index is 12.0. The first kappa shape index (κ1) is 17.8. The zero-order chi connectivity index (χ0) is 16.3. The Balaban J connectivity index is 2.84. The van der Waals surface area contributed by atoms with Gasteiger partial charge in [0.15, 0.2) is 5.78 Å². The van der Waals surface area contributed by atoms with Gasteiger partial charge in [0, 0.05) is 26.2 Å². The van der Waals surface area contributed by atoms with E-state index in [9.17, 15) is 21.6 Å². The Kier molecular flexibility index (Phi) is 5.62. The molecular formula is C12H18N2O5S2. The number of Topliss-reactive ketones (excluding diaryl/α,β-unsaturated/α-hetero) is 1. The molecule has 118 valence electrons. The SMILES string of the molecule is CC(=O)c1cccc(S(=O)(=O)NCCS(=O)(=O)N(C)C)c1. The van der Waals surface area contributed by atoms with Crippen molar-refractivity contribution in [1.82, 2.24) is 9.03 Å². The molecule has 0 atom stereocenters. The monoisotopic (exact) mass is 334 g/mol. The first-order valence-corrected chi connectivity index (χ1v) is 9.16. The minimum Gasteiger partial charge on any atom is -0.295 e. The van der Waals surface area contributed by atoms with Crippen molar-refractivity contribution in [3.05, 3.63) is 29.8 Å². The molecule has 9 heteroatoms. The number of sulfonamides is 2. The van der Waals surface area contributed by atoms with Gasteiger partial charge in [0.05, 0.1) is 10.6 Å². The third-order valence-electron chi connectivity index (χ3n) is 2.76. The minimum absolute atomic E-state index is 0.0718. The molecule has 0 aliphatic carbocycles. The summed E-state index contributed by atoms with van der Waals surface area (Å²) < 4.78 is 50.4. The zero-order valence-electron chi connectivity index (χ0n) is 12.0. The number of nitrogens with zero attached hydrogens (tertiary/aromatic N) is 1. The van der Waals surface area contributed by atoms with E-state index >= 15 is 0 Å². The highest BCUT2D eigenvalue weighted by Gasteiger charge is 2.18. The van der Waals surface area contributed by atoms with Crippen molar-refractivity contribution >= 4 is 25.8 Å². The number of hydrogen-bond acceptors (Lipinski definition) is 5. The molecule has 0 aliphatic heterocycles. The van der Waals surface area contributed by atoms with Crippen LogP contribution in [-0.2, 0) is 20.0 Å². The van der Waals surface area contributed by atoms with Gasteiger partial charge in [0.2, 0.25) is 20.0 Å². The summed E-state index contributed by atoms with van der Waals surface area (Å²) in [6.07, 6.45) is 0. The quantitative estimate of drug-likeness (QED) is 0.711. The molecule has 1 N–H and O–H groups in total.